The van der Waals surface area contributed by atoms with Gasteiger partial charge in [0.2, 0.25) is 5.91 Å². The number of carbonyl (C=O) groups excluding carboxylic acids is 2. The molecule has 1 saturated heterocycles. The van der Waals surface area contributed by atoms with Crippen molar-refractivity contribution in [2.24, 2.45) is 0 Å². The first kappa shape index (κ1) is 19.8. The summed E-state index contributed by atoms with van der Waals surface area (Å²) >= 11 is 0. The molecule has 0 radical (unpaired) electrons. The van der Waals surface area contributed by atoms with E-state index >= 15 is 0 Å². The maximum atomic E-state index is 13.7. The average Bonchev–Trinajstić information content (AvgIpc) is 2.73. The second-order valence-electron chi connectivity index (χ2n) is 6.64. The average molecular weight is 388 g/mol. The molecule has 0 aromatic heterocycles. The van der Waals surface area contributed by atoms with E-state index in [-0.39, 0.29) is 30.2 Å². The fourth-order valence-corrected chi connectivity index (χ4v) is 3.23. The number of methoxy groups -OCH3 is 1. The fraction of sp³-hybridized carbons (Fsp3) is 0.333. The van der Waals surface area contributed by atoms with Gasteiger partial charge in [-0.3, -0.25) is 9.59 Å². The van der Waals surface area contributed by atoms with Gasteiger partial charge in [0.05, 0.1) is 7.11 Å². The maximum Gasteiger partial charge on any atom is 0.254 e. The molecule has 3 rings (SSSR count). The number of benzene rings is 2. The van der Waals surface area contributed by atoms with Crippen LogP contribution in [0.15, 0.2) is 42.5 Å². The number of hydrogen-bond acceptors (Lipinski definition) is 3. The molecular weight excluding hydrogens is 366 g/mol. The summed E-state index contributed by atoms with van der Waals surface area (Å²) in [6.45, 7) is 1.69. The van der Waals surface area contributed by atoms with Crippen LogP contribution in [0.25, 0.3) is 0 Å². The summed E-state index contributed by atoms with van der Waals surface area (Å²) in [5, 5.41) is 0. The third-order valence-electron chi connectivity index (χ3n) is 4.85. The molecule has 28 heavy (non-hydrogen) atoms. The van der Waals surface area contributed by atoms with Crippen LogP contribution in [0.3, 0.4) is 0 Å². The number of rotatable bonds is 5. The summed E-state index contributed by atoms with van der Waals surface area (Å²) < 4.78 is 32.0. The van der Waals surface area contributed by atoms with E-state index in [4.69, 9.17) is 4.74 Å². The first-order valence-electron chi connectivity index (χ1n) is 9.13. The van der Waals surface area contributed by atoms with Crippen LogP contribution < -0.4 is 4.74 Å². The van der Waals surface area contributed by atoms with Gasteiger partial charge < -0.3 is 14.5 Å². The molecule has 1 aliphatic heterocycles. The molecule has 2 aromatic carbocycles. The van der Waals surface area contributed by atoms with Crippen LogP contribution in [0.2, 0.25) is 0 Å². The second kappa shape index (κ2) is 8.82. The minimum atomic E-state index is -0.520. The van der Waals surface area contributed by atoms with Gasteiger partial charge in [-0.25, -0.2) is 8.78 Å². The number of amides is 2. The van der Waals surface area contributed by atoms with Gasteiger partial charge in [0, 0.05) is 38.2 Å². The second-order valence-corrected chi connectivity index (χ2v) is 6.64. The van der Waals surface area contributed by atoms with E-state index in [1.165, 1.54) is 0 Å². The summed E-state index contributed by atoms with van der Waals surface area (Å²) in [5.74, 6) is -0.648. The number of hydrogen-bond donors (Lipinski definition) is 0. The van der Waals surface area contributed by atoms with Crippen molar-refractivity contribution in [3.05, 3.63) is 65.2 Å². The SMILES string of the molecule is COc1cccc(C(=O)N2CCN(C(=O)CCc3cc(F)ccc3F)CC2)c1. The van der Waals surface area contributed by atoms with Crippen LogP contribution >= 0.6 is 0 Å². The van der Waals surface area contributed by atoms with Gasteiger partial charge in [-0.15, -0.1) is 0 Å². The molecule has 0 atom stereocenters. The van der Waals surface area contributed by atoms with Gasteiger partial charge >= 0.3 is 0 Å². The van der Waals surface area contributed by atoms with E-state index < -0.39 is 11.6 Å². The zero-order chi connectivity index (χ0) is 20.1. The van der Waals surface area contributed by atoms with Crippen LogP contribution in [0.4, 0.5) is 8.78 Å². The van der Waals surface area contributed by atoms with Crippen LogP contribution in [0.1, 0.15) is 22.3 Å². The third-order valence-corrected chi connectivity index (χ3v) is 4.85. The van der Waals surface area contributed by atoms with Crippen molar-refractivity contribution in [2.75, 3.05) is 33.3 Å². The lowest BCUT2D eigenvalue weighted by atomic mass is 10.1. The molecule has 7 heteroatoms. The monoisotopic (exact) mass is 388 g/mol. The van der Waals surface area contributed by atoms with E-state index in [9.17, 15) is 18.4 Å². The molecule has 0 N–H and O–H groups in total. The van der Waals surface area contributed by atoms with Gasteiger partial charge in [0.1, 0.15) is 17.4 Å². The predicted molar refractivity (Wildman–Crippen MR) is 100 cm³/mol. The predicted octanol–water partition coefficient (Wildman–Crippen LogP) is 2.89. The van der Waals surface area contributed by atoms with Crippen molar-refractivity contribution in [2.45, 2.75) is 12.8 Å². The summed E-state index contributed by atoms with van der Waals surface area (Å²) in [4.78, 5) is 28.4. The summed E-state index contributed by atoms with van der Waals surface area (Å²) in [6.07, 6.45) is 0.246. The van der Waals surface area contributed by atoms with Gasteiger partial charge in [-0.05, 0) is 48.4 Å². The third kappa shape index (κ3) is 4.65. The Morgan fingerprint density at radius 2 is 1.71 bits per heavy atom. The number of halogens is 2. The highest BCUT2D eigenvalue weighted by molar-refractivity contribution is 5.94. The molecule has 0 bridgehead atoms. The highest BCUT2D eigenvalue weighted by atomic mass is 19.1. The zero-order valence-corrected chi connectivity index (χ0v) is 15.7. The number of piperazine rings is 1. The lowest BCUT2D eigenvalue weighted by Gasteiger charge is -2.35. The summed E-state index contributed by atoms with van der Waals surface area (Å²) in [6, 6.07) is 10.2. The Morgan fingerprint density at radius 1 is 1.00 bits per heavy atom. The minimum absolute atomic E-state index is 0.101. The number of carbonyl (C=O) groups is 2. The van der Waals surface area contributed by atoms with Crippen LogP contribution in [0, 0.1) is 11.6 Å². The number of nitrogens with zero attached hydrogens (tertiary/aromatic N) is 2. The molecule has 1 fully saturated rings. The largest absolute Gasteiger partial charge is 0.497 e. The van der Waals surface area contributed by atoms with Crippen molar-refractivity contribution in [1.82, 2.24) is 9.80 Å². The Bertz CT molecular complexity index is 864. The van der Waals surface area contributed by atoms with E-state index in [1.807, 2.05) is 0 Å². The standard InChI is InChI=1S/C21H22F2N2O3/c1-28-18-4-2-3-16(14-18)21(27)25-11-9-24(10-12-25)20(26)8-5-15-13-17(22)6-7-19(15)23/h2-4,6-7,13-14H,5,8-12H2,1H3. The molecular formula is C21H22F2N2O3. The molecule has 0 unspecified atom stereocenters. The Labute approximate surface area is 162 Å². The van der Waals surface area contributed by atoms with Gasteiger partial charge in [-0.2, -0.15) is 0 Å². The Hall–Kier alpha value is -2.96. The molecule has 0 spiro atoms. The van der Waals surface area contributed by atoms with Crippen molar-refractivity contribution >= 4 is 11.8 Å². The first-order valence-corrected chi connectivity index (χ1v) is 9.13. The van der Waals surface area contributed by atoms with Crippen LogP contribution in [-0.2, 0) is 11.2 Å². The molecule has 0 aliphatic carbocycles. The summed E-state index contributed by atoms with van der Waals surface area (Å²) in [7, 11) is 1.55. The molecule has 2 aromatic rings. The highest BCUT2D eigenvalue weighted by Gasteiger charge is 2.25. The lowest BCUT2D eigenvalue weighted by Crippen LogP contribution is -2.50. The van der Waals surface area contributed by atoms with Gasteiger partial charge in [0.15, 0.2) is 0 Å². The highest BCUT2D eigenvalue weighted by Crippen LogP contribution is 2.17. The van der Waals surface area contributed by atoms with Crippen molar-refractivity contribution in [3.63, 3.8) is 0 Å². The van der Waals surface area contributed by atoms with E-state index in [1.54, 1.807) is 41.2 Å². The molecule has 0 saturated carbocycles. The molecule has 1 heterocycles. The minimum Gasteiger partial charge on any atom is -0.497 e. The van der Waals surface area contributed by atoms with Gasteiger partial charge in [-0.1, -0.05) is 6.07 Å². The van der Waals surface area contributed by atoms with E-state index in [0.29, 0.717) is 37.5 Å². The smallest absolute Gasteiger partial charge is 0.254 e. The van der Waals surface area contributed by atoms with E-state index in [0.717, 1.165) is 18.2 Å². The first-order chi connectivity index (χ1) is 13.5. The molecule has 2 amide bonds. The number of aryl methyl sites for hydroxylation is 1. The number of ether oxygens (including phenoxy) is 1. The van der Waals surface area contributed by atoms with Crippen molar-refractivity contribution in [1.29, 1.82) is 0 Å². The zero-order valence-electron chi connectivity index (χ0n) is 15.7. The Balaban J connectivity index is 1.52. The fourth-order valence-electron chi connectivity index (χ4n) is 3.23. The quantitative estimate of drug-likeness (QED) is 0.792. The molecule has 148 valence electrons. The van der Waals surface area contributed by atoms with Crippen molar-refractivity contribution in [3.8, 4) is 5.75 Å². The van der Waals surface area contributed by atoms with Crippen LogP contribution in [0.5, 0.6) is 5.75 Å². The van der Waals surface area contributed by atoms with E-state index in [2.05, 4.69) is 0 Å². The topological polar surface area (TPSA) is 49.9 Å². The molecule has 5 nitrogen and oxygen atoms in total. The van der Waals surface area contributed by atoms with Crippen LogP contribution in [-0.4, -0.2) is 54.9 Å². The van der Waals surface area contributed by atoms with Gasteiger partial charge in [0.25, 0.3) is 5.91 Å². The Morgan fingerprint density at radius 3 is 2.43 bits per heavy atom. The normalized spacial score (nSPS) is 14.1. The summed E-state index contributed by atoms with van der Waals surface area (Å²) in [5.41, 5.74) is 0.737. The van der Waals surface area contributed by atoms with Crippen molar-refractivity contribution < 1.29 is 23.1 Å². The molecule has 1 aliphatic rings. The lowest BCUT2D eigenvalue weighted by molar-refractivity contribution is -0.132. The Kier molecular flexibility index (Phi) is 6.23. The maximum absolute atomic E-state index is 13.7.